The van der Waals surface area contributed by atoms with Gasteiger partial charge in [-0.25, -0.2) is 0 Å². The number of nitrogens with zero attached hydrogens (tertiary/aromatic N) is 1. The molecular formula is C12H17ClN2. The molecule has 0 fully saturated rings. The lowest BCUT2D eigenvalue weighted by atomic mass is 10.1. The minimum absolute atomic E-state index is 0. The maximum absolute atomic E-state index is 5.93. The molecule has 15 heavy (non-hydrogen) atoms. The molecule has 1 aromatic heterocycles. The van der Waals surface area contributed by atoms with Crippen LogP contribution in [0.4, 0.5) is 0 Å². The standard InChI is InChI=1S/C12H16N2.ClH/c1-8-4-5-12-10(6-8)11(9(2)13)7-14(12)3;/h4-7,9H,13H2,1-3H3;1H. The number of hydrogen-bond donors (Lipinski definition) is 1. The van der Waals surface area contributed by atoms with Crippen LogP contribution in [-0.2, 0) is 7.05 Å². The number of hydrogen-bond acceptors (Lipinski definition) is 1. The van der Waals surface area contributed by atoms with Gasteiger partial charge in [-0.2, -0.15) is 0 Å². The number of rotatable bonds is 1. The van der Waals surface area contributed by atoms with Crippen LogP contribution in [0.2, 0.25) is 0 Å². The summed E-state index contributed by atoms with van der Waals surface area (Å²) in [6.07, 6.45) is 2.12. The van der Waals surface area contributed by atoms with Crippen LogP contribution in [0.3, 0.4) is 0 Å². The van der Waals surface area contributed by atoms with Crippen molar-refractivity contribution in [3.05, 3.63) is 35.5 Å². The van der Waals surface area contributed by atoms with E-state index in [1.54, 1.807) is 0 Å². The molecule has 1 aromatic carbocycles. The van der Waals surface area contributed by atoms with Gasteiger partial charge in [0.1, 0.15) is 0 Å². The molecule has 0 amide bonds. The van der Waals surface area contributed by atoms with Crippen molar-refractivity contribution in [3.63, 3.8) is 0 Å². The van der Waals surface area contributed by atoms with Gasteiger partial charge in [-0.1, -0.05) is 11.6 Å². The van der Waals surface area contributed by atoms with Crippen molar-refractivity contribution in [3.8, 4) is 0 Å². The van der Waals surface area contributed by atoms with Gasteiger partial charge in [-0.3, -0.25) is 0 Å². The SMILES string of the molecule is Cc1ccc2c(c1)c(C(C)N)cn2C.Cl. The van der Waals surface area contributed by atoms with Crippen molar-refractivity contribution < 1.29 is 0 Å². The number of aryl methyl sites for hydroxylation is 2. The number of benzene rings is 1. The zero-order chi connectivity index (χ0) is 10.3. The van der Waals surface area contributed by atoms with Crippen molar-refractivity contribution >= 4 is 23.3 Å². The second kappa shape index (κ2) is 4.25. The zero-order valence-corrected chi connectivity index (χ0v) is 10.1. The quantitative estimate of drug-likeness (QED) is 0.794. The van der Waals surface area contributed by atoms with E-state index >= 15 is 0 Å². The topological polar surface area (TPSA) is 30.9 Å². The molecule has 2 rings (SSSR count). The molecule has 0 bridgehead atoms. The van der Waals surface area contributed by atoms with Gasteiger partial charge in [-0.15, -0.1) is 12.4 Å². The van der Waals surface area contributed by atoms with Crippen molar-refractivity contribution in [2.75, 3.05) is 0 Å². The fourth-order valence-electron chi connectivity index (χ4n) is 1.90. The molecular weight excluding hydrogens is 208 g/mol. The molecule has 1 unspecified atom stereocenters. The van der Waals surface area contributed by atoms with Crippen LogP contribution in [0.5, 0.6) is 0 Å². The molecule has 2 aromatic rings. The maximum atomic E-state index is 5.93. The summed E-state index contributed by atoms with van der Waals surface area (Å²) in [5.74, 6) is 0. The van der Waals surface area contributed by atoms with Crippen LogP contribution < -0.4 is 5.73 Å². The van der Waals surface area contributed by atoms with E-state index in [1.165, 1.54) is 22.0 Å². The molecule has 0 aliphatic carbocycles. The number of nitrogens with two attached hydrogens (primary N) is 1. The van der Waals surface area contributed by atoms with Gasteiger partial charge in [0.2, 0.25) is 0 Å². The molecule has 82 valence electrons. The van der Waals surface area contributed by atoms with Crippen LogP contribution in [-0.4, -0.2) is 4.57 Å². The number of fused-ring (bicyclic) bond motifs is 1. The van der Waals surface area contributed by atoms with E-state index in [0.717, 1.165) is 0 Å². The van der Waals surface area contributed by atoms with Crippen molar-refractivity contribution in [1.82, 2.24) is 4.57 Å². The molecule has 2 N–H and O–H groups in total. The Labute approximate surface area is 96.5 Å². The van der Waals surface area contributed by atoms with Gasteiger partial charge < -0.3 is 10.3 Å². The molecule has 1 heterocycles. The first-order valence-corrected chi connectivity index (χ1v) is 4.91. The Balaban J connectivity index is 0.00000112. The summed E-state index contributed by atoms with van der Waals surface area (Å²) < 4.78 is 2.13. The normalized spacial score (nSPS) is 12.5. The molecule has 2 nitrogen and oxygen atoms in total. The molecule has 0 aliphatic heterocycles. The average Bonchev–Trinajstić information content (AvgIpc) is 2.43. The summed E-state index contributed by atoms with van der Waals surface area (Å²) in [6, 6.07) is 6.58. The van der Waals surface area contributed by atoms with Gasteiger partial charge in [-0.05, 0) is 31.5 Å². The fourth-order valence-corrected chi connectivity index (χ4v) is 1.90. The first-order valence-electron chi connectivity index (χ1n) is 4.91. The minimum atomic E-state index is 0. The first-order chi connectivity index (χ1) is 6.59. The van der Waals surface area contributed by atoms with E-state index in [9.17, 15) is 0 Å². The molecule has 0 aliphatic rings. The second-order valence-corrected chi connectivity index (χ2v) is 4.00. The third-order valence-corrected chi connectivity index (χ3v) is 2.67. The third-order valence-electron chi connectivity index (χ3n) is 2.67. The highest BCUT2D eigenvalue weighted by Crippen LogP contribution is 2.25. The zero-order valence-electron chi connectivity index (χ0n) is 9.32. The predicted molar refractivity (Wildman–Crippen MR) is 67.5 cm³/mol. The highest BCUT2D eigenvalue weighted by molar-refractivity contribution is 5.85. The summed E-state index contributed by atoms with van der Waals surface area (Å²) in [5.41, 5.74) is 9.69. The van der Waals surface area contributed by atoms with E-state index in [1.807, 2.05) is 6.92 Å². The van der Waals surface area contributed by atoms with Crippen LogP contribution >= 0.6 is 12.4 Å². The van der Waals surface area contributed by atoms with Crippen molar-refractivity contribution in [1.29, 1.82) is 0 Å². The van der Waals surface area contributed by atoms with Gasteiger partial charge in [0.05, 0.1) is 0 Å². The van der Waals surface area contributed by atoms with E-state index in [4.69, 9.17) is 5.73 Å². The van der Waals surface area contributed by atoms with E-state index in [2.05, 4.69) is 42.9 Å². The summed E-state index contributed by atoms with van der Waals surface area (Å²) >= 11 is 0. The Morgan fingerprint density at radius 2 is 2.00 bits per heavy atom. The molecule has 0 saturated carbocycles. The summed E-state index contributed by atoms with van der Waals surface area (Å²) in [5, 5.41) is 1.28. The largest absolute Gasteiger partial charge is 0.350 e. The van der Waals surface area contributed by atoms with Crippen LogP contribution in [0, 0.1) is 6.92 Å². The van der Waals surface area contributed by atoms with Crippen LogP contribution in [0.25, 0.3) is 10.9 Å². The Bertz CT molecular complexity index is 472. The number of aromatic nitrogens is 1. The van der Waals surface area contributed by atoms with Gasteiger partial charge in [0.15, 0.2) is 0 Å². The highest BCUT2D eigenvalue weighted by Gasteiger charge is 2.09. The molecule has 0 saturated heterocycles. The maximum Gasteiger partial charge on any atom is 0.0481 e. The molecule has 1 atom stereocenters. The highest BCUT2D eigenvalue weighted by atomic mass is 35.5. The van der Waals surface area contributed by atoms with Crippen LogP contribution in [0.1, 0.15) is 24.1 Å². The average molecular weight is 225 g/mol. The summed E-state index contributed by atoms with van der Waals surface area (Å²) in [4.78, 5) is 0. The predicted octanol–water partition coefficient (Wildman–Crippen LogP) is 2.93. The Hall–Kier alpha value is -0.990. The van der Waals surface area contributed by atoms with E-state index < -0.39 is 0 Å². The fraction of sp³-hybridized carbons (Fsp3) is 0.333. The molecule has 0 radical (unpaired) electrons. The Morgan fingerprint density at radius 3 is 2.60 bits per heavy atom. The van der Waals surface area contributed by atoms with E-state index in [0.29, 0.717) is 0 Å². The lowest BCUT2D eigenvalue weighted by Crippen LogP contribution is -2.03. The lowest BCUT2D eigenvalue weighted by molar-refractivity contribution is 0.815. The van der Waals surface area contributed by atoms with Crippen molar-refractivity contribution in [2.24, 2.45) is 12.8 Å². The second-order valence-electron chi connectivity index (χ2n) is 4.00. The van der Waals surface area contributed by atoms with Crippen LogP contribution in [0.15, 0.2) is 24.4 Å². The molecule has 3 heteroatoms. The van der Waals surface area contributed by atoms with Crippen molar-refractivity contribution in [2.45, 2.75) is 19.9 Å². The lowest BCUT2D eigenvalue weighted by Gasteiger charge is -2.02. The van der Waals surface area contributed by atoms with Gasteiger partial charge in [0.25, 0.3) is 0 Å². The van der Waals surface area contributed by atoms with Gasteiger partial charge in [0, 0.05) is 30.2 Å². The Kier molecular flexibility index (Phi) is 3.42. The van der Waals surface area contributed by atoms with Gasteiger partial charge >= 0.3 is 0 Å². The van der Waals surface area contributed by atoms with E-state index in [-0.39, 0.29) is 18.4 Å². The molecule has 0 spiro atoms. The Morgan fingerprint density at radius 1 is 1.33 bits per heavy atom. The number of halogens is 1. The summed E-state index contributed by atoms with van der Waals surface area (Å²) in [7, 11) is 2.06. The monoisotopic (exact) mass is 224 g/mol. The first kappa shape index (κ1) is 12.1. The minimum Gasteiger partial charge on any atom is -0.350 e. The summed E-state index contributed by atoms with van der Waals surface area (Å²) in [6.45, 7) is 4.13. The smallest absolute Gasteiger partial charge is 0.0481 e. The third kappa shape index (κ3) is 2.01.